The van der Waals surface area contributed by atoms with Gasteiger partial charge in [-0.1, -0.05) is 13.8 Å². The van der Waals surface area contributed by atoms with Gasteiger partial charge in [-0.25, -0.2) is 16.8 Å². The summed E-state index contributed by atoms with van der Waals surface area (Å²) in [5.74, 6) is -0.194. The number of sulfone groups is 1. The van der Waals surface area contributed by atoms with E-state index in [9.17, 15) is 21.6 Å². The van der Waals surface area contributed by atoms with Crippen molar-refractivity contribution in [2.75, 3.05) is 24.7 Å². The van der Waals surface area contributed by atoms with E-state index >= 15 is 0 Å². The van der Waals surface area contributed by atoms with Crippen LogP contribution in [0.15, 0.2) is 52.3 Å². The molecule has 170 valence electrons. The fourth-order valence-corrected chi connectivity index (χ4v) is 5.00. The largest absolute Gasteiger partial charge is 0.489 e. The molecule has 2 aromatic rings. The summed E-state index contributed by atoms with van der Waals surface area (Å²) in [6.07, 6.45) is 0.884. The van der Waals surface area contributed by atoms with Crippen molar-refractivity contribution < 1.29 is 26.4 Å². The molecule has 0 bridgehead atoms. The molecular formula is C21H28N2O6S2. The Kier molecular flexibility index (Phi) is 7.85. The second-order valence-electron chi connectivity index (χ2n) is 7.16. The number of rotatable bonds is 9. The van der Waals surface area contributed by atoms with Crippen molar-refractivity contribution in [2.24, 2.45) is 0 Å². The third kappa shape index (κ3) is 6.05. The number of hydrogen-bond acceptors (Lipinski definition) is 6. The van der Waals surface area contributed by atoms with Crippen molar-refractivity contribution >= 4 is 31.5 Å². The maximum atomic E-state index is 12.9. The lowest BCUT2D eigenvalue weighted by Gasteiger charge is -2.20. The molecule has 8 nitrogen and oxygen atoms in total. The molecule has 1 amide bonds. The summed E-state index contributed by atoms with van der Waals surface area (Å²) in [6, 6.07) is 9.80. The highest BCUT2D eigenvalue weighted by molar-refractivity contribution is 7.90. The van der Waals surface area contributed by atoms with Crippen molar-refractivity contribution in [1.29, 1.82) is 0 Å². The van der Waals surface area contributed by atoms with E-state index in [1.807, 2.05) is 13.8 Å². The molecule has 0 saturated carbocycles. The normalized spacial score (nSPS) is 12.2. The first kappa shape index (κ1) is 24.8. The smallest absolute Gasteiger partial charge is 0.255 e. The van der Waals surface area contributed by atoms with Crippen LogP contribution in [-0.4, -0.2) is 52.5 Å². The lowest BCUT2D eigenvalue weighted by Crippen LogP contribution is -2.30. The number of ether oxygens (including phenoxy) is 1. The number of nitrogens with zero attached hydrogens (tertiary/aromatic N) is 1. The average Bonchev–Trinajstić information content (AvgIpc) is 2.69. The van der Waals surface area contributed by atoms with E-state index in [0.717, 1.165) is 6.26 Å². The van der Waals surface area contributed by atoms with Gasteiger partial charge >= 0.3 is 0 Å². The van der Waals surface area contributed by atoms with E-state index in [1.165, 1.54) is 46.8 Å². The van der Waals surface area contributed by atoms with E-state index in [0.29, 0.717) is 18.8 Å². The minimum Gasteiger partial charge on any atom is -0.489 e. The monoisotopic (exact) mass is 468 g/mol. The Balaban J connectivity index is 2.43. The lowest BCUT2D eigenvalue weighted by molar-refractivity contribution is 0.102. The van der Waals surface area contributed by atoms with Crippen molar-refractivity contribution in [2.45, 2.75) is 43.6 Å². The fourth-order valence-electron chi connectivity index (χ4n) is 2.88. The molecule has 0 unspecified atom stereocenters. The predicted octanol–water partition coefficient (Wildman–Crippen LogP) is 3.16. The third-order valence-electron chi connectivity index (χ3n) is 4.45. The zero-order valence-electron chi connectivity index (χ0n) is 18.2. The molecule has 0 aliphatic carbocycles. The number of carbonyl (C=O) groups excluding carboxylic acids is 1. The molecule has 0 heterocycles. The molecule has 0 aliphatic heterocycles. The van der Waals surface area contributed by atoms with Crippen LogP contribution in [0, 0.1) is 0 Å². The Hall–Kier alpha value is -2.43. The van der Waals surface area contributed by atoms with Crippen LogP contribution in [-0.2, 0) is 19.9 Å². The number of sulfonamides is 1. The fraction of sp³-hybridized carbons (Fsp3) is 0.381. The number of benzene rings is 2. The van der Waals surface area contributed by atoms with Crippen LogP contribution in [0.3, 0.4) is 0 Å². The first-order chi connectivity index (χ1) is 14.4. The van der Waals surface area contributed by atoms with Gasteiger partial charge in [-0.3, -0.25) is 4.79 Å². The summed E-state index contributed by atoms with van der Waals surface area (Å²) >= 11 is 0. The molecule has 0 fully saturated rings. The van der Waals surface area contributed by atoms with Gasteiger partial charge in [0, 0.05) is 24.9 Å². The van der Waals surface area contributed by atoms with Crippen molar-refractivity contribution in [1.82, 2.24) is 4.31 Å². The summed E-state index contributed by atoms with van der Waals surface area (Å²) in [5, 5.41) is 2.68. The van der Waals surface area contributed by atoms with Crippen molar-refractivity contribution in [3.8, 4) is 5.75 Å². The van der Waals surface area contributed by atoms with E-state index < -0.39 is 25.8 Å². The minimum atomic E-state index is -3.73. The number of anilines is 1. The van der Waals surface area contributed by atoms with Crippen LogP contribution in [0.4, 0.5) is 5.69 Å². The van der Waals surface area contributed by atoms with E-state index in [4.69, 9.17) is 4.74 Å². The summed E-state index contributed by atoms with van der Waals surface area (Å²) in [7, 11) is -7.11. The quantitative estimate of drug-likeness (QED) is 0.605. The summed E-state index contributed by atoms with van der Waals surface area (Å²) in [5.41, 5.74) is 0.430. The summed E-state index contributed by atoms with van der Waals surface area (Å²) < 4.78 is 56.0. The zero-order valence-corrected chi connectivity index (χ0v) is 19.9. The highest BCUT2D eigenvalue weighted by Crippen LogP contribution is 2.30. The van der Waals surface area contributed by atoms with Crippen LogP contribution in [0.2, 0.25) is 0 Å². The van der Waals surface area contributed by atoms with E-state index in [1.54, 1.807) is 13.8 Å². The van der Waals surface area contributed by atoms with Crippen molar-refractivity contribution in [3.63, 3.8) is 0 Å². The van der Waals surface area contributed by atoms with Gasteiger partial charge in [0.15, 0.2) is 9.84 Å². The molecule has 0 aliphatic rings. The van der Waals surface area contributed by atoms with Gasteiger partial charge in [-0.05, 0) is 56.3 Å². The van der Waals surface area contributed by atoms with Crippen LogP contribution in [0.5, 0.6) is 5.75 Å². The molecule has 2 aromatic carbocycles. The summed E-state index contributed by atoms with van der Waals surface area (Å²) in [6.45, 7) is 7.77. The van der Waals surface area contributed by atoms with Gasteiger partial charge < -0.3 is 10.1 Å². The molecule has 0 aromatic heterocycles. The Morgan fingerprint density at radius 2 is 1.52 bits per heavy atom. The second-order valence-corrected chi connectivity index (χ2v) is 11.1. The standard InChI is InChI=1S/C21H28N2O6S2/c1-6-23(7-2)31(27,28)18-12-13-20(29-15(3)4)19(14-18)22-21(24)16-8-10-17(11-9-16)30(5,25)26/h8-15H,6-7H2,1-5H3,(H,22,24). The Bertz CT molecular complexity index is 1140. The Labute approximate surface area is 184 Å². The van der Waals surface area contributed by atoms with Crippen molar-refractivity contribution in [3.05, 3.63) is 48.0 Å². The first-order valence-electron chi connectivity index (χ1n) is 9.82. The third-order valence-corrected chi connectivity index (χ3v) is 7.62. The van der Waals surface area contributed by atoms with Gasteiger partial charge in [0.1, 0.15) is 5.75 Å². The van der Waals surface area contributed by atoms with Crippen LogP contribution < -0.4 is 10.1 Å². The molecule has 2 rings (SSSR count). The number of carbonyl (C=O) groups is 1. The molecule has 0 saturated heterocycles. The minimum absolute atomic E-state index is 0.0371. The molecule has 0 atom stereocenters. The average molecular weight is 469 g/mol. The molecule has 0 radical (unpaired) electrons. The maximum absolute atomic E-state index is 12.9. The number of hydrogen-bond donors (Lipinski definition) is 1. The van der Waals surface area contributed by atoms with Gasteiger partial charge in [0.2, 0.25) is 10.0 Å². The first-order valence-corrected chi connectivity index (χ1v) is 13.2. The molecule has 1 N–H and O–H groups in total. The number of nitrogens with one attached hydrogen (secondary N) is 1. The SMILES string of the molecule is CCN(CC)S(=O)(=O)c1ccc(OC(C)C)c(NC(=O)c2ccc(S(C)(=O)=O)cc2)c1. The molecule has 0 spiro atoms. The van der Waals surface area contributed by atoms with Gasteiger partial charge in [-0.15, -0.1) is 0 Å². The van der Waals surface area contributed by atoms with Crippen LogP contribution in [0.25, 0.3) is 0 Å². The topological polar surface area (TPSA) is 110 Å². The Morgan fingerprint density at radius 1 is 0.968 bits per heavy atom. The predicted molar refractivity (Wildman–Crippen MR) is 120 cm³/mol. The van der Waals surface area contributed by atoms with Gasteiger partial charge in [-0.2, -0.15) is 4.31 Å². The van der Waals surface area contributed by atoms with E-state index in [2.05, 4.69) is 5.32 Å². The highest BCUT2D eigenvalue weighted by atomic mass is 32.2. The lowest BCUT2D eigenvalue weighted by atomic mass is 10.2. The van der Waals surface area contributed by atoms with Gasteiger partial charge in [0.05, 0.1) is 21.6 Å². The molecular weight excluding hydrogens is 440 g/mol. The molecule has 10 heteroatoms. The van der Waals surface area contributed by atoms with Crippen LogP contribution in [0.1, 0.15) is 38.1 Å². The maximum Gasteiger partial charge on any atom is 0.255 e. The number of amides is 1. The van der Waals surface area contributed by atoms with Gasteiger partial charge in [0.25, 0.3) is 5.91 Å². The van der Waals surface area contributed by atoms with E-state index in [-0.39, 0.29) is 27.1 Å². The second kappa shape index (κ2) is 9.80. The Morgan fingerprint density at radius 3 is 2.00 bits per heavy atom. The zero-order chi connectivity index (χ0) is 23.4. The highest BCUT2D eigenvalue weighted by Gasteiger charge is 2.24. The molecule has 31 heavy (non-hydrogen) atoms. The summed E-state index contributed by atoms with van der Waals surface area (Å²) in [4.78, 5) is 12.9. The van der Waals surface area contributed by atoms with Crippen LogP contribution >= 0.6 is 0 Å².